The van der Waals surface area contributed by atoms with E-state index in [0.717, 1.165) is 5.52 Å². The fourth-order valence-electron chi connectivity index (χ4n) is 4.59. The summed E-state index contributed by atoms with van der Waals surface area (Å²) in [5.74, 6) is 0.611. The molecule has 0 saturated carbocycles. The quantitative estimate of drug-likeness (QED) is 0.496. The Kier molecular flexibility index (Phi) is 6.97. The Hall–Kier alpha value is -1.41. The number of aromatic nitrogens is 2. The van der Waals surface area contributed by atoms with Crippen molar-refractivity contribution in [2.45, 2.75) is 31.3 Å². The van der Waals surface area contributed by atoms with E-state index in [2.05, 4.69) is 91.9 Å². The van der Waals surface area contributed by atoms with Gasteiger partial charge in [0.25, 0.3) is 0 Å². The van der Waals surface area contributed by atoms with Gasteiger partial charge in [0.2, 0.25) is 0 Å². The summed E-state index contributed by atoms with van der Waals surface area (Å²) in [6, 6.07) is 17.4. The predicted octanol–water partition coefficient (Wildman–Crippen LogP) is 0.440. The Morgan fingerprint density at radius 2 is 1.60 bits per heavy atom. The van der Waals surface area contributed by atoms with E-state index in [0.29, 0.717) is 9.54 Å². The molecule has 1 heterocycles. The summed E-state index contributed by atoms with van der Waals surface area (Å²) in [5.41, 5.74) is 11.2. The third-order valence-corrected chi connectivity index (χ3v) is 11.5. The van der Waals surface area contributed by atoms with E-state index >= 15 is 0 Å². The Morgan fingerprint density at radius 3 is 2.33 bits per heavy atom. The molecule has 2 aromatic carbocycles. The summed E-state index contributed by atoms with van der Waals surface area (Å²) >= 11 is -0.873. The van der Waals surface area contributed by atoms with Crippen LogP contribution >= 0.6 is 0 Å². The molecule has 2 nitrogen and oxygen atoms in total. The van der Waals surface area contributed by atoms with E-state index in [1.165, 1.54) is 27.9 Å². The molecule has 2 aliphatic rings. The van der Waals surface area contributed by atoms with Crippen LogP contribution in [0.1, 0.15) is 42.4 Å². The first-order valence-corrected chi connectivity index (χ1v) is 12.6. The van der Waals surface area contributed by atoms with Gasteiger partial charge in [-0.1, -0.05) is 0 Å². The van der Waals surface area contributed by atoms with Crippen LogP contribution in [0.4, 0.5) is 0 Å². The van der Waals surface area contributed by atoms with Gasteiger partial charge in [-0.15, -0.1) is 0 Å². The largest absolute Gasteiger partial charge is 1.00 e. The number of fused-ring (bicyclic) bond motifs is 2. The van der Waals surface area contributed by atoms with Crippen molar-refractivity contribution in [3.8, 4) is 0 Å². The monoisotopic (exact) mass is 512 g/mol. The van der Waals surface area contributed by atoms with Crippen LogP contribution in [0.3, 0.4) is 0 Å². The summed E-state index contributed by atoms with van der Waals surface area (Å²) in [6.07, 6.45) is 4.42. The molecular formula is C25H24Cl2N2Zr. The Bertz CT molecular complexity index is 1200. The van der Waals surface area contributed by atoms with Gasteiger partial charge in [0, 0.05) is 0 Å². The third kappa shape index (κ3) is 3.60. The van der Waals surface area contributed by atoms with Crippen molar-refractivity contribution in [3.05, 3.63) is 86.0 Å². The van der Waals surface area contributed by atoms with Gasteiger partial charge in [-0.25, -0.2) is 0 Å². The third-order valence-electron chi connectivity index (χ3n) is 6.58. The molecule has 0 radical (unpaired) electrons. The molecule has 2 atom stereocenters. The first-order valence-electron chi connectivity index (χ1n) is 9.94. The van der Waals surface area contributed by atoms with E-state index in [4.69, 9.17) is 0 Å². The zero-order valence-corrected chi connectivity index (χ0v) is 21.5. The van der Waals surface area contributed by atoms with E-state index in [9.17, 15) is 0 Å². The average molecular weight is 515 g/mol. The second-order valence-electron chi connectivity index (χ2n) is 7.95. The summed E-state index contributed by atoms with van der Waals surface area (Å²) < 4.78 is 4.63. The van der Waals surface area contributed by atoms with Gasteiger partial charge >= 0.3 is 179 Å². The maximum atomic E-state index is 4.67. The smallest absolute Gasteiger partial charge is 1.00 e. The number of nitrogens with zero attached hydrogens (tertiary/aromatic N) is 2. The van der Waals surface area contributed by atoms with Crippen LogP contribution in [0, 0.1) is 5.92 Å². The van der Waals surface area contributed by atoms with E-state index in [1.807, 2.05) is 6.33 Å². The summed E-state index contributed by atoms with van der Waals surface area (Å²) in [6.45, 7) is 9.37. The van der Waals surface area contributed by atoms with Crippen molar-refractivity contribution in [3.63, 3.8) is 0 Å². The molecule has 5 heteroatoms. The number of halogens is 2. The van der Waals surface area contributed by atoms with Crippen molar-refractivity contribution >= 4 is 22.8 Å². The topological polar surface area (TPSA) is 17.8 Å². The maximum absolute atomic E-state index is 4.67. The first-order chi connectivity index (χ1) is 13.6. The van der Waals surface area contributed by atoms with Crippen molar-refractivity contribution in [2.24, 2.45) is 5.92 Å². The van der Waals surface area contributed by atoms with Gasteiger partial charge in [-0.3, -0.25) is 0 Å². The van der Waals surface area contributed by atoms with Gasteiger partial charge < -0.3 is 24.8 Å². The molecule has 0 fully saturated rings. The van der Waals surface area contributed by atoms with E-state index < -0.39 is 23.2 Å². The predicted molar refractivity (Wildman–Crippen MR) is 113 cm³/mol. The van der Waals surface area contributed by atoms with Gasteiger partial charge in [-0.05, 0) is 0 Å². The van der Waals surface area contributed by atoms with Crippen LogP contribution in [0.25, 0.3) is 22.8 Å². The van der Waals surface area contributed by atoms with Crippen LogP contribution < -0.4 is 24.8 Å². The van der Waals surface area contributed by atoms with Gasteiger partial charge in [0.05, 0.1) is 0 Å². The first kappa shape index (κ1) is 23.3. The summed E-state index contributed by atoms with van der Waals surface area (Å²) in [4.78, 5) is 4.67. The molecule has 0 saturated heterocycles. The van der Waals surface area contributed by atoms with Crippen molar-refractivity contribution in [1.82, 2.24) is 9.55 Å². The second kappa shape index (κ2) is 8.99. The number of hydrogen-bond acceptors (Lipinski definition) is 1. The van der Waals surface area contributed by atoms with Crippen molar-refractivity contribution in [2.75, 3.05) is 0 Å². The van der Waals surface area contributed by atoms with Crippen LogP contribution in [0.2, 0.25) is 0 Å². The molecule has 0 spiro atoms. The molecule has 0 amide bonds. The fraction of sp³-hybridized carbons (Fsp3) is 0.240. The van der Waals surface area contributed by atoms with Crippen molar-refractivity contribution < 1.29 is 48.0 Å². The Labute approximate surface area is 202 Å². The standard InChI is InChI=1S/C16H11N2.C9H13.2ClH.Zr/c1-2-6-13-10-14(9-12(13)5-1)18-11-17-15-7-3-4-8-16(15)18;1-6-5-7(2)9(4)8(6)3;;;/h1-11H;6H,1-4H3;2*1H;/q;;;;+2/p-2. The molecule has 0 aliphatic heterocycles. The SMILES string of the molecule is CC1=C(C)C(C)[C]([Zr+2][CH]2C(n3cnc4ccccc43)=Cc3ccccc32)=C1C.[Cl-].[Cl-]. The number of rotatable bonds is 3. The van der Waals surface area contributed by atoms with E-state index in [1.54, 1.807) is 14.4 Å². The molecule has 3 aromatic rings. The molecule has 2 aliphatic carbocycles. The molecule has 5 rings (SSSR count). The molecule has 1 aromatic heterocycles. The Morgan fingerprint density at radius 1 is 0.900 bits per heavy atom. The number of allylic oxidation sites excluding steroid dienone is 5. The minimum absolute atomic E-state index is 0. The van der Waals surface area contributed by atoms with Crippen molar-refractivity contribution in [1.29, 1.82) is 0 Å². The Balaban J connectivity index is 0.00000128. The van der Waals surface area contributed by atoms with Crippen LogP contribution in [-0.2, 0) is 23.2 Å². The van der Waals surface area contributed by atoms with Gasteiger partial charge in [0.15, 0.2) is 0 Å². The molecular weight excluding hydrogens is 490 g/mol. The molecule has 152 valence electrons. The van der Waals surface area contributed by atoms with Crippen LogP contribution in [0.15, 0.2) is 74.9 Å². The average Bonchev–Trinajstić information content (AvgIpc) is 3.35. The van der Waals surface area contributed by atoms with Gasteiger partial charge in [0.1, 0.15) is 0 Å². The zero-order valence-electron chi connectivity index (χ0n) is 17.6. The van der Waals surface area contributed by atoms with Gasteiger partial charge in [-0.2, -0.15) is 0 Å². The number of para-hydroxylation sites is 2. The molecule has 0 bridgehead atoms. The molecule has 30 heavy (non-hydrogen) atoms. The summed E-state index contributed by atoms with van der Waals surface area (Å²) in [5, 5.41) is 0. The second-order valence-corrected chi connectivity index (χ2v) is 11.4. The minimum Gasteiger partial charge on any atom is -1.00 e. The molecule has 2 unspecified atom stereocenters. The van der Waals surface area contributed by atoms with Crippen LogP contribution in [-0.4, -0.2) is 9.55 Å². The number of benzene rings is 2. The number of imidazole rings is 1. The number of hydrogen-bond donors (Lipinski definition) is 0. The maximum Gasteiger partial charge on any atom is -1.00 e. The van der Waals surface area contributed by atoms with E-state index in [-0.39, 0.29) is 24.8 Å². The fourth-order valence-corrected chi connectivity index (χ4v) is 9.43. The molecule has 0 N–H and O–H groups in total. The minimum atomic E-state index is -0.873. The summed E-state index contributed by atoms with van der Waals surface area (Å²) in [7, 11) is 0. The normalized spacial score (nSPS) is 19.9. The zero-order chi connectivity index (χ0) is 19.4. The van der Waals surface area contributed by atoms with Crippen LogP contribution in [0.5, 0.6) is 0 Å².